The van der Waals surface area contributed by atoms with Crippen molar-refractivity contribution < 1.29 is 19.1 Å². The van der Waals surface area contributed by atoms with Gasteiger partial charge in [-0.15, -0.1) is 0 Å². The molecule has 0 aliphatic carbocycles. The Balaban J connectivity index is 1.92. The van der Waals surface area contributed by atoms with E-state index >= 15 is 0 Å². The van der Waals surface area contributed by atoms with E-state index in [-0.39, 0.29) is 11.8 Å². The highest BCUT2D eigenvalue weighted by atomic mass is 16.5. The summed E-state index contributed by atoms with van der Waals surface area (Å²) in [4.78, 5) is 32.6. The first-order chi connectivity index (χ1) is 15.0. The number of imide groups is 1. The second kappa shape index (κ2) is 8.22. The Morgan fingerprint density at radius 2 is 1.45 bits per heavy atom. The van der Waals surface area contributed by atoms with Crippen LogP contribution in [-0.2, 0) is 5.54 Å². The van der Waals surface area contributed by atoms with E-state index in [4.69, 9.17) is 9.47 Å². The number of rotatable bonds is 7. The van der Waals surface area contributed by atoms with Gasteiger partial charge in [0.1, 0.15) is 5.54 Å². The van der Waals surface area contributed by atoms with Crippen molar-refractivity contribution in [3.63, 3.8) is 0 Å². The van der Waals surface area contributed by atoms with Crippen molar-refractivity contribution in [1.29, 1.82) is 0 Å². The first kappa shape index (κ1) is 20.6. The number of aromatic nitrogens is 1. The highest BCUT2D eigenvalue weighted by Crippen LogP contribution is 2.42. The Kier molecular flexibility index (Phi) is 5.46. The number of hydrogen-bond donors (Lipinski definition) is 0. The van der Waals surface area contributed by atoms with Crippen molar-refractivity contribution in [3.8, 4) is 11.5 Å². The minimum absolute atomic E-state index is 0.347. The third-order valence-corrected chi connectivity index (χ3v) is 5.51. The smallest absolute Gasteiger partial charge is 0.262 e. The number of benzene rings is 2. The molecule has 6 nitrogen and oxygen atoms in total. The fourth-order valence-electron chi connectivity index (χ4n) is 3.99. The summed E-state index contributed by atoms with van der Waals surface area (Å²) >= 11 is 0. The molecule has 31 heavy (non-hydrogen) atoms. The van der Waals surface area contributed by atoms with E-state index in [1.807, 2.05) is 51.1 Å². The van der Waals surface area contributed by atoms with E-state index in [0.717, 1.165) is 0 Å². The van der Waals surface area contributed by atoms with Gasteiger partial charge in [0.05, 0.1) is 30.0 Å². The molecule has 0 fully saturated rings. The van der Waals surface area contributed by atoms with Crippen molar-refractivity contribution >= 4 is 11.8 Å². The first-order valence-corrected chi connectivity index (χ1v) is 10.3. The predicted octanol–water partition coefficient (Wildman–Crippen LogP) is 4.44. The molecule has 158 valence electrons. The summed E-state index contributed by atoms with van der Waals surface area (Å²) in [5.74, 6) is 0.473. The van der Waals surface area contributed by atoms with E-state index in [9.17, 15) is 9.59 Å². The monoisotopic (exact) mass is 416 g/mol. The van der Waals surface area contributed by atoms with Crippen LogP contribution in [0.15, 0.2) is 66.9 Å². The van der Waals surface area contributed by atoms with Crippen LogP contribution in [-0.4, -0.2) is 34.9 Å². The second-order valence-electron chi connectivity index (χ2n) is 7.31. The van der Waals surface area contributed by atoms with Crippen LogP contribution in [0.2, 0.25) is 0 Å². The van der Waals surface area contributed by atoms with Gasteiger partial charge < -0.3 is 9.47 Å². The van der Waals surface area contributed by atoms with Gasteiger partial charge in [-0.25, -0.2) is 0 Å². The molecule has 1 aromatic heterocycles. The Morgan fingerprint density at radius 3 is 2.03 bits per heavy atom. The lowest BCUT2D eigenvalue weighted by molar-refractivity contribution is 0.0499. The fourth-order valence-corrected chi connectivity index (χ4v) is 3.99. The lowest BCUT2D eigenvalue weighted by atomic mass is 9.85. The Hall–Kier alpha value is -3.67. The average molecular weight is 416 g/mol. The Labute approximate surface area is 181 Å². The van der Waals surface area contributed by atoms with Crippen LogP contribution in [0, 0.1) is 0 Å². The molecule has 2 aromatic carbocycles. The van der Waals surface area contributed by atoms with Gasteiger partial charge >= 0.3 is 0 Å². The van der Waals surface area contributed by atoms with Crippen molar-refractivity contribution in [1.82, 2.24) is 9.88 Å². The maximum atomic E-state index is 13.4. The molecule has 2 heterocycles. The largest absolute Gasteiger partial charge is 0.490 e. The van der Waals surface area contributed by atoms with Crippen LogP contribution in [0.4, 0.5) is 0 Å². The molecule has 0 saturated carbocycles. The van der Waals surface area contributed by atoms with E-state index in [1.54, 1.807) is 36.5 Å². The van der Waals surface area contributed by atoms with Gasteiger partial charge in [0, 0.05) is 6.20 Å². The van der Waals surface area contributed by atoms with Crippen LogP contribution < -0.4 is 9.47 Å². The highest BCUT2D eigenvalue weighted by Gasteiger charge is 2.49. The third-order valence-electron chi connectivity index (χ3n) is 5.51. The van der Waals surface area contributed by atoms with Crippen LogP contribution in [0.25, 0.3) is 0 Å². The second-order valence-corrected chi connectivity index (χ2v) is 7.31. The van der Waals surface area contributed by atoms with Gasteiger partial charge in [0.2, 0.25) is 0 Å². The summed E-state index contributed by atoms with van der Waals surface area (Å²) in [6.07, 6.45) is 1.66. The lowest BCUT2D eigenvalue weighted by Gasteiger charge is -2.37. The lowest BCUT2D eigenvalue weighted by Crippen LogP contribution is -2.48. The minimum Gasteiger partial charge on any atom is -0.490 e. The molecule has 1 unspecified atom stereocenters. The number of pyridine rings is 1. The predicted molar refractivity (Wildman–Crippen MR) is 116 cm³/mol. The molecule has 4 rings (SSSR count). The molecular weight excluding hydrogens is 392 g/mol. The van der Waals surface area contributed by atoms with Gasteiger partial charge in [-0.3, -0.25) is 19.5 Å². The summed E-state index contributed by atoms with van der Waals surface area (Å²) in [5.41, 5.74) is 0.922. The molecule has 2 amide bonds. The quantitative estimate of drug-likeness (QED) is 0.533. The standard InChI is InChI=1S/C25H24N2O4/c1-4-30-20-14-13-17(16-21(20)31-5-2)25(3,22-12-8-9-15-26-22)27-23(28)18-10-6-7-11-19(18)24(27)29/h6-16H,4-5H2,1-3H3. The number of nitrogens with zero attached hydrogens (tertiary/aromatic N) is 2. The highest BCUT2D eigenvalue weighted by molar-refractivity contribution is 6.22. The molecule has 1 aliphatic heterocycles. The van der Waals surface area contributed by atoms with Crippen LogP contribution >= 0.6 is 0 Å². The van der Waals surface area contributed by atoms with Crippen molar-refractivity contribution in [3.05, 3.63) is 89.2 Å². The molecular formula is C25H24N2O4. The van der Waals surface area contributed by atoms with E-state index in [2.05, 4.69) is 4.98 Å². The van der Waals surface area contributed by atoms with E-state index < -0.39 is 5.54 Å². The molecule has 0 radical (unpaired) electrons. The van der Waals surface area contributed by atoms with Gasteiger partial charge in [0.15, 0.2) is 11.5 Å². The van der Waals surface area contributed by atoms with Gasteiger partial charge in [-0.2, -0.15) is 0 Å². The number of carbonyl (C=O) groups is 2. The third kappa shape index (κ3) is 3.34. The fraction of sp³-hybridized carbons (Fsp3) is 0.240. The summed E-state index contributed by atoms with van der Waals surface area (Å²) in [6, 6.07) is 17.8. The molecule has 0 bridgehead atoms. The Morgan fingerprint density at radius 1 is 0.839 bits per heavy atom. The summed E-state index contributed by atoms with van der Waals surface area (Å²) in [6.45, 7) is 6.58. The molecule has 6 heteroatoms. The summed E-state index contributed by atoms with van der Waals surface area (Å²) < 4.78 is 11.5. The topological polar surface area (TPSA) is 68.7 Å². The zero-order valence-electron chi connectivity index (χ0n) is 17.8. The number of amides is 2. The molecule has 0 spiro atoms. The number of fused-ring (bicyclic) bond motifs is 1. The zero-order chi connectivity index (χ0) is 22.0. The van der Waals surface area contributed by atoms with E-state index in [0.29, 0.717) is 47.1 Å². The van der Waals surface area contributed by atoms with Gasteiger partial charge in [-0.05, 0) is 62.7 Å². The van der Waals surface area contributed by atoms with Gasteiger partial charge in [-0.1, -0.05) is 24.3 Å². The molecule has 3 aromatic rings. The van der Waals surface area contributed by atoms with Crippen molar-refractivity contribution in [2.45, 2.75) is 26.3 Å². The van der Waals surface area contributed by atoms with Crippen molar-refractivity contribution in [2.75, 3.05) is 13.2 Å². The SMILES string of the molecule is CCOc1ccc(C(C)(c2ccccn2)N2C(=O)c3ccccc3C2=O)cc1OCC. The van der Waals surface area contributed by atoms with E-state index in [1.165, 1.54) is 4.90 Å². The number of hydrogen-bond acceptors (Lipinski definition) is 5. The molecule has 0 N–H and O–H groups in total. The number of ether oxygens (including phenoxy) is 2. The van der Waals surface area contributed by atoms with Gasteiger partial charge in [0.25, 0.3) is 11.8 Å². The van der Waals surface area contributed by atoms with Crippen molar-refractivity contribution in [2.24, 2.45) is 0 Å². The maximum Gasteiger partial charge on any atom is 0.262 e. The summed E-state index contributed by atoms with van der Waals surface area (Å²) in [7, 11) is 0. The van der Waals surface area contributed by atoms with Crippen LogP contribution in [0.1, 0.15) is 52.7 Å². The average Bonchev–Trinajstić information content (AvgIpc) is 3.06. The molecule has 1 atom stereocenters. The van der Waals surface area contributed by atoms with Crippen LogP contribution in [0.3, 0.4) is 0 Å². The first-order valence-electron chi connectivity index (χ1n) is 10.3. The molecule has 0 saturated heterocycles. The number of carbonyl (C=O) groups excluding carboxylic acids is 2. The summed E-state index contributed by atoms with van der Waals surface area (Å²) in [5, 5.41) is 0. The zero-order valence-corrected chi connectivity index (χ0v) is 17.8. The minimum atomic E-state index is -1.15. The van der Waals surface area contributed by atoms with Crippen LogP contribution in [0.5, 0.6) is 11.5 Å². The normalized spacial score (nSPS) is 14.9. The maximum absolute atomic E-state index is 13.4. The molecule has 1 aliphatic rings. The Bertz CT molecular complexity index is 1090.